The van der Waals surface area contributed by atoms with Crippen LogP contribution in [0.1, 0.15) is 40.0 Å². The molecular weight excluding hydrogens is 275 g/mol. The molecule has 1 aromatic rings. The van der Waals surface area contributed by atoms with Gasteiger partial charge in [0.25, 0.3) is 0 Å². The molecule has 0 radical (unpaired) electrons. The summed E-state index contributed by atoms with van der Waals surface area (Å²) in [5.41, 5.74) is 4.06. The molecule has 0 amide bonds. The van der Waals surface area contributed by atoms with Gasteiger partial charge in [0.05, 0.1) is 6.61 Å². The van der Waals surface area contributed by atoms with E-state index >= 15 is 0 Å². The molecule has 0 fully saturated rings. The molecule has 6 heteroatoms. The van der Waals surface area contributed by atoms with E-state index in [4.69, 9.17) is 9.47 Å². The topological polar surface area (TPSA) is 74.4 Å². The van der Waals surface area contributed by atoms with Crippen LogP contribution < -0.4 is 10.5 Å². The number of unbranched alkanes of at least 4 members (excludes halogenated alkanes) is 1. The van der Waals surface area contributed by atoms with Crippen molar-refractivity contribution in [1.29, 1.82) is 0 Å². The lowest BCUT2D eigenvalue weighted by molar-refractivity contribution is -0.154. The SMILES string of the molecule is CC(C)(C)OC(=O)CCCCOc1ccnc(F)c1.CN. The zero-order valence-electron chi connectivity index (χ0n) is 13.2. The van der Waals surface area contributed by atoms with E-state index < -0.39 is 11.5 Å². The summed E-state index contributed by atoms with van der Waals surface area (Å²) >= 11 is 0. The van der Waals surface area contributed by atoms with Crippen LogP contribution in [0.15, 0.2) is 18.3 Å². The Kier molecular flexibility index (Phi) is 9.28. The van der Waals surface area contributed by atoms with Gasteiger partial charge < -0.3 is 15.2 Å². The van der Waals surface area contributed by atoms with Gasteiger partial charge in [0.1, 0.15) is 11.4 Å². The third kappa shape index (κ3) is 10.7. The first-order valence-corrected chi connectivity index (χ1v) is 6.91. The predicted molar refractivity (Wildman–Crippen MR) is 79.5 cm³/mol. The molecule has 1 heterocycles. The first-order chi connectivity index (χ1) is 9.87. The maximum Gasteiger partial charge on any atom is 0.306 e. The van der Waals surface area contributed by atoms with Gasteiger partial charge in [-0.15, -0.1) is 0 Å². The van der Waals surface area contributed by atoms with Crippen molar-refractivity contribution in [3.8, 4) is 5.75 Å². The molecule has 21 heavy (non-hydrogen) atoms. The minimum absolute atomic E-state index is 0.206. The minimum atomic E-state index is -0.564. The molecule has 5 nitrogen and oxygen atoms in total. The van der Waals surface area contributed by atoms with E-state index in [1.807, 2.05) is 20.8 Å². The van der Waals surface area contributed by atoms with Gasteiger partial charge in [-0.1, -0.05) is 0 Å². The molecular formula is C15H25FN2O3. The molecule has 1 aromatic heterocycles. The molecule has 0 aromatic carbocycles. The first kappa shape index (κ1) is 19.3. The second kappa shape index (κ2) is 10.1. The summed E-state index contributed by atoms with van der Waals surface area (Å²) in [6.45, 7) is 5.95. The number of esters is 1. The average molecular weight is 300 g/mol. The van der Waals surface area contributed by atoms with Gasteiger partial charge in [0, 0.05) is 18.7 Å². The monoisotopic (exact) mass is 300 g/mol. The third-order valence-electron chi connectivity index (χ3n) is 2.16. The normalized spacial score (nSPS) is 10.4. The Labute approximate surface area is 125 Å². The lowest BCUT2D eigenvalue weighted by Gasteiger charge is -2.19. The van der Waals surface area contributed by atoms with Gasteiger partial charge in [-0.05, 0) is 46.7 Å². The predicted octanol–water partition coefficient (Wildman–Crippen LogP) is 2.69. The fourth-order valence-electron chi connectivity index (χ4n) is 1.43. The Bertz CT molecular complexity index is 420. The Morgan fingerprint density at radius 2 is 2.00 bits per heavy atom. The van der Waals surface area contributed by atoms with Crippen molar-refractivity contribution in [3.63, 3.8) is 0 Å². The van der Waals surface area contributed by atoms with E-state index in [9.17, 15) is 9.18 Å². The molecule has 0 saturated heterocycles. The molecule has 0 aliphatic heterocycles. The van der Waals surface area contributed by atoms with Gasteiger partial charge in [0.2, 0.25) is 5.95 Å². The van der Waals surface area contributed by atoms with Crippen LogP contribution in [0, 0.1) is 5.95 Å². The van der Waals surface area contributed by atoms with E-state index in [2.05, 4.69) is 10.7 Å². The molecule has 0 spiro atoms. The maximum absolute atomic E-state index is 12.8. The lowest BCUT2D eigenvalue weighted by Crippen LogP contribution is -2.23. The second-order valence-corrected chi connectivity index (χ2v) is 5.21. The van der Waals surface area contributed by atoms with Crippen molar-refractivity contribution in [2.75, 3.05) is 13.7 Å². The number of halogens is 1. The summed E-state index contributed by atoms with van der Waals surface area (Å²) in [5.74, 6) is -0.321. The maximum atomic E-state index is 12.8. The fraction of sp³-hybridized carbons (Fsp3) is 0.600. The van der Waals surface area contributed by atoms with E-state index in [-0.39, 0.29) is 5.97 Å². The lowest BCUT2D eigenvalue weighted by atomic mass is 10.2. The Morgan fingerprint density at radius 3 is 2.57 bits per heavy atom. The van der Waals surface area contributed by atoms with Crippen LogP contribution >= 0.6 is 0 Å². The largest absolute Gasteiger partial charge is 0.493 e. The molecule has 0 aliphatic rings. The van der Waals surface area contributed by atoms with Gasteiger partial charge in [-0.3, -0.25) is 4.79 Å². The highest BCUT2D eigenvalue weighted by molar-refractivity contribution is 5.69. The highest BCUT2D eigenvalue weighted by Crippen LogP contribution is 2.12. The molecule has 2 N–H and O–H groups in total. The van der Waals surface area contributed by atoms with Gasteiger partial charge in [-0.2, -0.15) is 4.39 Å². The van der Waals surface area contributed by atoms with Crippen molar-refractivity contribution in [3.05, 3.63) is 24.3 Å². The second-order valence-electron chi connectivity index (χ2n) is 5.21. The molecule has 0 atom stereocenters. The van der Waals surface area contributed by atoms with Crippen molar-refractivity contribution < 1.29 is 18.7 Å². The smallest absolute Gasteiger partial charge is 0.306 e. The minimum Gasteiger partial charge on any atom is -0.493 e. The number of pyridine rings is 1. The Balaban J connectivity index is 0.00000191. The molecule has 0 unspecified atom stereocenters. The Morgan fingerprint density at radius 1 is 1.33 bits per heavy atom. The van der Waals surface area contributed by atoms with Crippen LogP contribution in [-0.4, -0.2) is 30.2 Å². The number of ether oxygens (including phenoxy) is 2. The number of nitrogens with two attached hydrogens (primary N) is 1. The van der Waals surface area contributed by atoms with E-state index in [1.165, 1.54) is 19.3 Å². The first-order valence-electron chi connectivity index (χ1n) is 6.91. The number of carbonyl (C=O) groups is 1. The van der Waals surface area contributed by atoms with Crippen molar-refractivity contribution in [1.82, 2.24) is 4.98 Å². The summed E-state index contributed by atoms with van der Waals surface area (Å²) in [5, 5.41) is 0. The van der Waals surface area contributed by atoms with Crippen LogP contribution in [-0.2, 0) is 9.53 Å². The number of aromatic nitrogens is 1. The molecule has 0 saturated carbocycles. The summed E-state index contributed by atoms with van der Waals surface area (Å²) in [7, 11) is 1.50. The highest BCUT2D eigenvalue weighted by Gasteiger charge is 2.15. The van der Waals surface area contributed by atoms with Crippen LogP contribution in [0.3, 0.4) is 0 Å². The van der Waals surface area contributed by atoms with Crippen LogP contribution in [0.5, 0.6) is 5.75 Å². The fourth-order valence-corrected chi connectivity index (χ4v) is 1.43. The summed E-state index contributed by atoms with van der Waals surface area (Å²) in [6, 6.07) is 2.82. The summed E-state index contributed by atoms with van der Waals surface area (Å²) in [6.07, 6.45) is 3.11. The number of hydrogen-bond donors (Lipinski definition) is 1. The zero-order chi connectivity index (χ0) is 16.3. The average Bonchev–Trinajstić information content (AvgIpc) is 2.38. The molecule has 120 valence electrons. The summed E-state index contributed by atoms with van der Waals surface area (Å²) < 4.78 is 23.3. The molecule has 1 rings (SSSR count). The van der Waals surface area contributed by atoms with Crippen molar-refractivity contribution in [2.24, 2.45) is 5.73 Å². The van der Waals surface area contributed by atoms with Gasteiger partial charge in [0.15, 0.2) is 0 Å². The van der Waals surface area contributed by atoms with Crippen LogP contribution in [0.25, 0.3) is 0 Å². The molecule has 0 aliphatic carbocycles. The van der Waals surface area contributed by atoms with E-state index in [0.717, 1.165) is 0 Å². The number of carbonyl (C=O) groups excluding carboxylic acids is 1. The number of rotatable bonds is 6. The molecule has 0 bridgehead atoms. The van der Waals surface area contributed by atoms with Crippen LogP contribution in [0.2, 0.25) is 0 Å². The van der Waals surface area contributed by atoms with Gasteiger partial charge >= 0.3 is 5.97 Å². The number of hydrogen-bond acceptors (Lipinski definition) is 5. The van der Waals surface area contributed by atoms with E-state index in [1.54, 1.807) is 6.07 Å². The third-order valence-corrected chi connectivity index (χ3v) is 2.16. The zero-order valence-corrected chi connectivity index (χ0v) is 13.2. The van der Waals surface area contributed by atoms with Crippen LogP contribution in [0.4, 0.5) is 4.39 Å². The van der Waals surface area contributed by atoms with Gasteiger partial charge in [-0.25, -0.2) is 4.98 Å². The highest BCUT2D eigenvalue weighted by atomic mass is 19.1. The quantitative estimate of drug-likeness (QED) is 0.496. The number of nitrogens with zero attached hydrogens (tertiary/aromatic N) is 1. The van der Waals surface area contributed by atoms with E-state index in [0.29, 0.717) is 31.6 Å². The Hall–Kier alpha value is -1.69. The van der Waals surface area contributed by atoms with Crippen molar-refractivity contribution >= 4 is 5.97 Å². The summed E-state index contributed by atoms with van der Waals surface area (Å²) in [4.78, 5) is 14.8. The van der Waals surface area contributed by atoms with Crippen molar-refractivity contribution in [2.45, 2.75) is 45.6 Å². The standard InChI is InChI=1S/C14H20FNO3.CH5N/c1-14(2,3)19-13(17)6-4-5-9-18-11-7-8-16-12(15)10-11;1-2/h7-8,10H,4-6,9H2,1-3H3;2H2,1H3.